The van der Waals surface area contributed by atoms with Gasteiger partial charge in [-0.2, -0.15) is 5.10 Å². The number of carbonyl (C=O) groups is 2. The molecule has 0 bridgehead atoms. The number of aromatic nitrogens is 3. The average Bonchev–Trinajstić information content (AvgIpc) is 3.22. The number of nitrogens with zero attached hydrogens (tertiary/aromatic N) is 3. The van der Waals surface area contributed by atoms with Gasteiger partial charge < -0.3 is 0 Å². The van der Waals surface area contributed by atoms with Crippen molar-refractivity contribution in [3.63, 3.8) is 0 Å². The SMILES string of the molecule is CCCn1nc(C(=O)NNC(=O)CCCc2nc3ccccc3s2)c2ccccc2c1=O. The molecule has 2 N–H and O–H groups in total. The summed E-state index contributed by atoms with van der Waals surface area (Å²) in [5, 5.41) is 6.08. The molecule has 0 saturated heterocycles. The molecular weight excluding hydrogens is 426 g/mol. The second-order valence-electron chi connectivity index (χ2n) is 7.35. The van der Waals surface area contributed by atoms with Crippen molar-refractivity contribution in [2.24, 2.45) is 0 Å². The van der Waals surface area contributed by atoms with Gasteiger partial charge in [0.2, 0.25) is 5.91 Å². The van der Waals surface area contributed by atoms with Crippen LogP contribution in [0.1, 0.15) is 41.7 Å². The minimum absolute atomic E-state index is 0.100. The van der Waals surface area contributed by atoms with E-state index in [0.717, 1.165) is 15.2 Å². The summed E-state index contributed by atoms with van der Waals surface area (Å²) in [7, 11) is 0. The molecule has 2 aromatic carbocycles. The van der Waals surface area contributed by atoms with E-state index in [-0.39, 0.29) is 23.6 Å². The third kappa shape index (κ3) is 4.67. The predicted molar refractivity (Wildman–Crippen MR) is 124 cm³/mol. The quantitative estimate of drug-likeness (QED) is 0.422. The maximum absolute atomic E-state index is 12.7. The molecular formula is C23H23N5O3S. The summed E-state index contributed by atoms with van der Waals surface area (Å²) in [6, 6.07) is 14.8. The smallest absolute Gasteiger partial charge is 0.273 e. The monoisotopic (exact) mass is 449 g/mol. The summed E-state index contributed by atoms with van der Waals surface area (Å²) in [6.45, 7) is 2.33. The van der Waals surface area contributed by atoms with Crippen LogP contribution in [-0.4, -0.2) is 26.6 Å². The topological polar surface area (TPSA) is 106 Å². The van der Waals surface area contributed by atoms with Gasteiger partial charge in [-0.3, -0.25) is 25.2 Å². The van der Waals surface area contributed by atoms with Crippen molar-refractivity contribution < 1.29 is 9.59 Å². The average molecular weight is 450 g/mol. The van der Waals surface area contributed by atoms with Gasteiger partial charge in [0.15, 0.2) is 5.69 Å². The van der Waals surface area contributed by atoms with Gasteiger partial charge in [-0.05, 0) is 37.5 Å². The molecule has 0 aliphatic heterocycles. The Morgan fingerprint density at radius 1 is 1.03 bits per heavy atom. The molecule has 0 spiro atoms. The first-order valence-corrected chi connectivity index (χ1v) is 11.3. The van der Waals surface area contributed by atoms with Crippen molar-refractivity contribution in [2.45, 2.75) is 39.2 Å². The number of rotatable bonds is 7. The molecule has 0 saturated carbocycles. The fourth-order valence-corrected chi connectivity index (χ4v) is 4.45. The van der Waals surface area contributed by atoms with Gasteiger partial charge in [-0.15, -0.1) is 11.3 Å². The Labute approximate surface area is 188 Å². The molecule has 4 rings (SSSR count). The van der Waals surface area contributed by atoms with Gasteiger partial charge in [0.25, 0.3) is 11.5 Å². The third-order valence-electron chi connectivity index (χ3n) is 4.97. The molecule has 0 aliphatic carbocycles. The molecule has 0 unspecified atom stereocenters. The van der Waals surface area contributed by atoms with Crippen LogP contribution in [-0.2, 0) is 17.8 Å². The first kappa shape index (κ1) is 21.6. The molecule has 2 heterocycles. The van der Waals surface area contributed by atoms with Gasteiger partial charge >= 0.3 is 0 Å². The molecule has 0 atom stereocenters. The normalized spacial score (nSPS) is 11.0. The fourth-order valence-electron chi connectivity index (χ4n) is 3.44. The second-order valence-corrected chi connectivity index (χ2v) is 8.47. The lowest BCUT2D eigenvalue weighted by molar-refractivity contribution is -0.121. The van der Waals surface area contributed by atoms with Crippen molar-refractivity contribution >= 4 is 44.1 Å². The number of fused-ring (bicyclic) bond motifs is 2. The van der Waals surface area contributed by atoms with E-state index in [0.29, 0.717) is 36.6 Å². The minimum Gasteiger partial charge on any atom is -0.273 e. The standard InChI is InChI=1S/C23H23N5O3S/c1-2-14-28-23(31)16-9-4-3-8-15(16)21(27-28)22(30)26-25-19(29)12-7-13-20-24-17-10-5-6-11-18(17)32-20/h3-6,8-11H,2,7,12-14H2,1H3,(H,25,29)(H,26,30). The lowest BCUT2D eigenvalue weighted by Gasteiger charge is -2.11. The first-order valence-electron chi connectivity index (χ1n) is 10.5. The molecule has 0 aliphatic rings. The number of hydrogen-bond donors (Lipinski definition) is 2. The highest BCUT2D eigenvalue weighted by atomic mass is 32.1. The lowest BCUT2D eigenvalue weighted by Crippen LogP contribution is -2.42. The fraction of sp³-hybridized carbons (Fsp3) is 0.261. The van der Waals surface area contributed by atoms with Gasteiger partial charge in [-0.25, -0.2) is 9.67 Å². The molecule has 32 heavy (non-hydrogen) atoms. The Kier molecular flexibility index (Phi) is 6.55. The highest BCUT2D eigenvalue weighted by Crippen LogP contribution is 2.22. The van der Waals surface area contributed by atoms with Crippen molar-refractivity contribution in [3.05, 3.63) is 69.6 Å². The number of para-hydroxylation sites is 1. The van der Waals surface area contributed by atoms with Crippen LogP contribution in [0.25, 0.3) is 21.0 Å². The largest absolute Gasteiger partial charge is 0.290 e. The van der Waals surface area contributed by atoms with E-state index in [2.05, 4.69) is 20.9 Å². The number of hydrazine groups is 1. The van der Waals surface area contributed by atoms with E-state index >= 15 is 0 Å². The van der Waals surface area contributed by atoms with Crippen LogP contribution in [0.3, 0.4) is 0 Å². The predicted octanol–water partition coefficient (Wildman–Crippen LogP) is 3.20. The van der Waals surface area contributed by atoms with Crippen LogP contribution in [0.4, 0.5) is 0 Å². The van der Waals surface area contributed by atoms with E-state index in [4.69, 9.17) is 0 Å². The van der Waals surface area contributed by atoms with E-state index in [1.807, 2.05) is 31.2 Å². The Morgan fingerprint density at radius 2 is 1.78 bits per heavy atom. The van der Waals surface area contributed by atoms with Gasteiger partial charge in [0.1, 0.15) is 0 Å². The van der Waals surface area contributed by atoms with Crippen LogP contribution in [0, 0.1) is 0 Å². The zero-order chi connectivity index (χ0) is 22.5. The van der Waals surface area contributed by atoms with Crippen LogP contribution in [0.2, 0.25) is 0 Å². The van der Waals surface area contributed by atoms with Crippen LogP contribution in [0.15, 0.2) is 53.3 Å². The first-order chi connectivity index (χ1) is 15.6. The zero-order valence-corrected chi connectivity index (χ0v) is 18.4. The number of nitrogens with one attached hydrogen (secondary N) is 2. The number of aryl methyl sites for hydroxylation is 2. The summed E-state index contributed by atoms with van der Waals surface area (Å²) in [4.78, 5) is 42.0. The molecule has 0 radical (unpaired) electrons. The summed E-state index contributed by atoms with van der Waals surface area (Å²) < 4.78 is 2.42. The van der Waals surface area contributed by atoms with Crippen molar-refractivity contribution in [2.75, 3.05) is 0 Å². The van der Waals surface area contributed by atoms with E-state index in [1.54, 1.807) is 35.6 Å². The molecule has 2 aromatic heterocycles. The molecule has 4 aromatic rings. The molecule has 8 nitrogen and oxygen atoms in total. The van der Waals surface area contributed by atoms with Gasteiger partial charge in [-0.1, -0.05) is 37.3 Å². The van der Waals surface area contributed by atoms with Crippen LogP contribution < -0.4 is 16.4 Å². The summed E-state index contributed by atoms with van der Waals surface area (Å²) in [6.07, 6.45) is 2.26. The van der Waals surface area contributed by atoms with Crippen molar-refractivity contribution in [1.82, 2.24) is 25.6 Å². The third-order valence-corrected chi connectivity index (χ3v) is 6.06. The van der Waals surface area contributed by atoms with Crippen LogP contribution >= 0.6 is 11.3 Å². The van der Waals surface area contributed by atoms with Crippen molar-refractivity contribution in [1.29, 1.82) is 0 Å². The molecule has 2 amide bonds. The molecule has 0 fully saturated rings. The minimum atomic E-state index is -0.564. The molecule has 164 valence electrons. The zero-order valence-electron chi connectivity index (χ0n) is 17.6. The number of thiazole rings is 1. The Balaban J connectivity index is 1.36. The van der Waals surface area contributed by atoms with Crippen molar-refractivity contribution in [3.8, 4) is 0 Å². The van der Waals surface area contributed by atoms with Crippen LogP contribution in [0.5, 0.6) is 0 Å². The number of carbonyl (C=O) groups excluding carboxylic acids is 2. The van der Waals surface area contributed by atoms with Gasteiger partial charge in [0, 0.05) is 18.4 Å². The number of hydrogen-bond acceptors (Lipinski definition) is 6. The summed E-state index contributed by atoms with van der Waals surface area (Å²) >= 11 is 1.62. The second kappa shape index (κ2) is 9.69. The Hall–Kier alpha value is -3.59. The summed E-state index contributed by atoms with van der Waals surface area (Å²) in [5.74, 6) is -0.865. The highest BCUT2D eigenvalue weighted by Gasteiger charge is 2.17. The highest BCUT2D eigenvalue weighted by molar-refractivity contribution is 7.18. The Bertz CT molecular complexity index is 1310. The Morgan fingerprint density at radius 3 is 2.56 bits per heavy atom. The molecule has 9 heteroatoms. The number of benzene rings is 2. The van der Waals surface area contributed by atoms with E-state index in [9.17, 15) is 14.4 Å². The van der Waals surface area contributed by atoms with E-state index in [1.165, 1.54) is 4.68 Å². The van der Waals surface area contributed by atoms with Gasteiger partial charge in [0.05, 0.1) is 20.6 Å². The maximum Gasteiger partial charge on any atom is 0.290 e. The maximum atomic E-state index is 12.7. The number of amides is 2. The summed E-state index contributed by atoms with van der Waals surface area (Å²) in [5.41, 5.74) is 5.69. The lowest BCUT2D eigenvalue weighted by atomic mass is 10.1. The van der Waals surface area contributed by atoms with E-state index < -0.39 is 5.91 Å².